The van der Waals surface area contributed by atoms with Crippen molar-refractivity contribution in [3.8, 4) is 28.3 Å². The van der Waals surface area contributed by atoms with E-state index in [2.05, 4.69) is 15.2 Å². The summed E-state index contributed by atoms with van der Waals surface area (Å²) in [5.74, 6) is 0.768. The van der Waals surface area contributed by atoms with E-state index in [9.17, 15) is 0 Å². The van der Waals surface area contributed by atoms with E-state index in [-0.39, 0.29) is 0 Å². The van der Waals surface area contributed by atoms with Gasteiger partial charge in [-0.15, -0.1) is 0 Å². The van der Waals surface area contributed by atoms with Gasteiger partial charge in [0.05, 0.1) is 24.7 Å². The molecule has 0 amide bonds. The fourth-order valence-corrected chi connectivity index (χ4v) is 2.58. The van der Waals surface area contributed by atoms with Gasteiger partial charge in [0.1, 0.15) is 11.3 Å². The maximum absolute atomic E-state index is 5.44. The number of H-pyrrole nitrogens is 1. The smallest absolute Gasteiger partial charge is 0.200 e. The highest BCUT2D eigenvalue weighted by Gasteiger charge is 2.15. The first-order valence-corrected chi connectivity index (χ1v) is 7.27. The second-order valence-electron chi connectivity index (χ2n) is 5.09. The highest BCUT2D eigenvalue weighted by atomic mass is 16.5. The van der Waals surface area contributed by atoms with Gasteiger partial charge in [0.15, 0.2) is 5.65 Å². The van der Waals surface area contributed by atoms with E-state index < -0.39 is 0 Å². The van der Waals surface area contributed by atoms with Crippen LogP contribution in [0, 0.1) is 0 Å². The third-order valence-corrected chi connectivity index (χ3v) is 3.71. The van der Waals surface area contributed by atoms with Crippen LogP contribution in [0.5, 0.6) is 5.75 Å². The van der Waals surface area contributed by atoms with Gasteiger partial charge >= 0.3 is 0 Å². The Bertz CT molecular complexity index is 963. The molecule has 0 saturated carbocycles. The first kappa shape index (κ1) is 13.5. The lowest BCUT2D eigenvalue weighted by Crippen LogP contribution is -1.90. The average Bonchev–Trinajstić information content (AvgIpc) is 3.05. The van der Waals surface area contributed by atoms with Crippen molar-refractivity contribution in [2.75, 3.05) is 7.11 Å². The van der Waals surface area contributed by atoms with Crippen LogP contribution in [0.4, 0.5) is 0 Å². The molecule has 0 atom stereocenters. The third kappa shape index (κ3) is 2.32. The zero-order valence-electron chi connectivity index (χ0n) is 12.5. The molecule has 5 nitrogen and oxygen atoms in total. The second kappa shape index (κ2) is 5.53. The Labute approximate surface area is 133 Å². The summed E-state index contributed by atoms with van der Waals surface area (Å²) in [5.41, 5.74) is 4.88. The molecule has 0 aliphatic rings. The van der Waals surface area contributed by atoms with E-state index in [1.54, 1.807) is 13.3 Å². The Kier molecular flexibility index (Phi) is 3.24. The van der Waals surface area contributed by atoms with E-state index in [0.717, 1.165) is 33.8 Å². The highest BCUT2D eigenvalue weighted by Crippen LogP contribution is 2.32. The number of rotatable bonds is 3. The van der Waals surface area contributed by atoms with Crippen LogP contribution >= 0.6 is 0 Å². The molecule has 23 heavy (non-hydrogen) atoms. The van der Waals surface area contributed by atoms with Crippen LogP contribution in [-0.4, -0.2) is 27.3 Å². The van der Waals surface area contributed by atoms with Crippen molar-refractivity contribution in [2.24, 2.45) is 0 Å². The highest BCUT2D eigenvalue weighted by molar-refractivity contribution is 5.90. The number of para-hydroxylation sites is 1. The average molecular weight is 302 g/mol. The number of hydrogen-bond donors (Lipinski definition) is 1. The molecule has 4 rings (SSSR count). The van der Waals surface area contributed by atoms with E-state index in [4.69, 9.17) is 9.72 Å². The molecule has 0 unspecified atom stereocenters. The number of aromatic amines is 1. The van der Waals surface area contributed by atoms with Crippen molar-refractivity contribution >= 4 is 11.2 Å². The monoisotopic (exact) mass is 302 g/mol. The van der Waals surface area contributed by atoms with Gasteiger partial charge in [-0.3, -0.25) is 5.10 Å². The number of nitrogens with one attached hydrogen (secondary N) is 1. The number of hydrogen-bond acceptors (Lipinski definition) is 4. The van der Waals surface area contributed by atoms with Crippen LogP contribution in [0.2, 0.25) is 0 Å². The largest absolute Gasteiger partial charge is 0.496 e. The maximum atomic E-state index is 5.44. The molecule has 0 bridgehead atoms. The predicted octanol–water partition coefficient (Wildman–Crippen LogP) is 3.70. The molecular weight excluding hydrogens is 288 g/mol. The van der Waals surface area contributed by atoms with Gasteiger partial charge in [-0.05, 0) is 12.1 Å². The van der Waals surface area contributed by atoms with Crippen LogP contribution in [0.25, 0.3) is 33.7 Å². The first-order valence-electron chi connectivity index (χ1n) is 7.27. The van der Waals surface area contributed by atoms with Crippen molar-refractivity contribution in [3.05, 3.63) is 60.8 Å². The third-order valence-electron chi connectivity index (χ3n) is 3.71. The van der Waals surface area contributed by atoms with Gasteiger partial charge in [0.2, 0.25) is 0 Å². The predicted molar refractivity (Wildman–Crippen MR) is 89.1 cm³/mol. The fraction of sp³-hybridized carbons (Fsp3) is 0.0556. The number of benzene rings is 2. The van der Waals surface area contributed by atoms with Crippen LogP contribution in [0.1, 0.15) is 0 Å². The quantitative estimate of drug-likeness (QED) is 0.627. The maximum Gasteiger partial charge on any atom is 0.200 e. The molecule has 1 N–H and O–H groups in total. The molecule has 0 radical (unpaired) electrons. The van der Waals surface area contributed by atoms with Crippen molar-refractivity contribution in [3.63, 3.8) is 0 Å². The van der Waals surface area contributed by atoms with Crippen LogP contribution < -0.4 is 4.74 Å². The summed E-state index contributed by atoms with van der Waals surface area (Å²) < 4.78 is 5.44. The number of nitrogens with zero attached hydrogens (tertiary/aromatic N) is 3. The molecule has 5 heteroatoms. The first-order chi connectivity index (χ1) is 11.4. The molecule has 0 saturated heterocycles. The van der Waals surface area contributed by atoms with E-state index in [0.29, 0.717) is 5.65 Å². The summed E-state index contributed by atoms with van der Waals surface area (Å²) in [5, 5.41) is 7.28. The molecule has 112 valence electrons. The minimum Gasteiger partial charge on any atom is -0.496 e. The standard InChI is InChI=1S/C18H14N4O/c1-23-15-10-6-5-9-13(15)16-17-18(22-21-16)19-11-14(20-17)12-7-3-2-4-8-12/h2-11H,1H3,(H,19,21,22). The summed E-state index contributed by atoms with van der Waals surface area (Å²) in [6.07, 6.45) is 1.74. The Morgan fingerprint density at radius 2 is 1.74 bits per heavy atom. The Hall–Kier alpha value is -3.21. The molecule has 0 fully saturated rings. The SMILES string of the molecule is COc1ccccc1-c1[nH]nc2ncc(-c3ccccc3)nc12. The lowest BCUT2D eigenvalue weighted by atomic mass is 10.1. The Balaban J connectivity index is 1.92. The van der Waals surface area contributed by atoms with Gasteiger partial charge in [0.25, 0.3) is 0 Å². The number of aromatic nitrogens is 4. The molecule has 2 aromatic heterocycles. The zero-order chi connectivity index (χ0) is 15.6. The molecular formula is C18H14N4O. The lowest BCUT2D eigenvalue weighted by Gasteiger charge is -2.06. The second-order valence-corrected chi connectivity index (χ2v) is 5.09. The summed E-state index contributed by atoms with van der Waals surface area (Å²) in [6.45, 7) is 0. The summed E-state index contributed by atoms with van der Waals surface area (Å²) in [6, 6.07) is 17.8. The van der Waals surface area contributed by atoms with Crippen LogP contribution in [0.3, 0.4) is 0 Å². The number of methoxy groups -OCH3 is 1. The van der Waals surface area contributed by atoms with Gasteiger partial charge < -0.3 is 4.74 Å². The molecule has 2 heterocycles. The Morgan fingerprint density at radius 1 is 0.957 bits per heavy atom. The minimum atomic E-state index is 0.589. The molecule has 0 aliphatic carbocycles. The molecule has 2 aromatic carbocycles. The van der Waals surface area contributed by atoms with Crippen molar-refractivity contribution in [1.82, 2.24) is 20.2 Å². The topological polar surface area (TPSA) is 63.7 Å². The normalized spacial score (nSPS) is 10.8. The number of fused-ring (bicyclic) bond motifs is 1. The minimum absolute atomic E-state index is 0.589. The van der Waals surface area contributed by atoms with Crippen molar-refractivity contribution < 1.29 is 4.74 Å². The van der Waals surface area contributed by atoms with E-state index in [1.807, 2.05) is 54.6 Å². The molecule has 0 aliphatic heterocycles. The van der Waals surface area contributed by atoms with Gasteiger partial charge in [0, 0.05) is 11.1 Å². The van der Waals surface area contributed by atoms with E-state index >= 15 is 0 Å². The van der Waals surface area contributed by atoms with E-state index in [1.165, 1.54) is 0 Å². The van der Waals surface area contributed by atoms with Crippen LogP contribution in [-0.2, 0) is 0 Å². The van der Waals surface area contributed by atoms with Crippen molar-refractivity contribution in [2.45, 2.75) is 0 Å². The van der Waals surface area contributed by atoms with Gasteiger partial charge in [-0.1, -0.05) is 42.5 Å². The van der Waals surface area contributed by atoms with Gasteiger partial charge in [-0.25, -0.2) is 9.97 Å². The summed E-state index contributed by atoms with van der Waals surface area (Å²) in [4.78, 5) is 9.16. The van der Waals surface area contributed by atoms with Crippen molar-refractivity contribution in [1.29, 1.82) is 0 Å². The number of ether oxygens (including phenoxy) is 1. The van der Waals surface area contributed by atoms with Gasteiger partial charge in [-0.2, -0.15) is 5.10 Å². The molecule has 0 spiro atoms. The van der Waals surface area contributed by atoms with Crippen LogP contribution in [0.15, 0.2) is 60.8 Å². The lowest BCUT2D eigenvalue weighted by molar-refractivity contribution is 0.416. The zero-order valence-corrected chi connectivity index (χ0v) is 12.5. The fourth-order valence-electron chi connectivity index (χ4n) is 2.58. The summed E-state index contributed by atoms with van der Waals surface area (Å²) >= 11 is 0. The Morgan fingerprint density at radius 3 is 2.57 bits per heavy atom. The summed E-state index contributed by atoms with van der Waals surface area (Å²) in [7, 11) is 1.65. The molecule has 4 aromatic rings.